The Kier molecular flexibility index (Phi) is 5.70. The third-order valence-electron chi connectivity index (χ3n) is 4.06. The lowest BCUT2D eigenvalue weighted by Crippen LogP contribution is -2.23. The molecule has 1 amide bonds. The summed E-state index contributed by atoms with van der Waals surface area (Å²) < 4.78 is 10.5. The molecule has 1 aliphatic heterocycles. The van der Waals surface area contributed by atoms with Crippen molar-refractivity contribution in [3.63, 3.8) is 0 Å². The molecule has 8 heteroatoms. The Labute approximate surface area is 166 Å². The van der Waals surface area contributed by atoms with Gasteiger partial charge in [-0.25, -0.2) is 9.79 Å². The van der Waals surface area contributed by atoms with Crippen molar-refractivity contribution in [2.75, 3.05) is 21.3 Å². The number of ether oxygens (including phenoxy) is 2. The number of para-hydroxylation sites is 1. The van der Waals surface area contributed by atoms with Crippen molar-refractivity contribution < 1.29 is 24.2 Å². The average Bonchev–Trinajstić information content (AvgIpc) is 2.96. The van der Waals surface area contributed by atoms with Crippen LogP contribution in [-0.4, -0.2) is 48.3 Å². The second-order valence-electron chi connectivity index (χ2n) is 5.81. The van der Waals surface area contributed by atoms with Gasteiger partial charge in [0.05, 0.1) is 30.4 Å². The van der Waals surface area contributed by atoms with Crippen LogP contribution in [0.15, 0.2) is 52.4 Å². The van der Waals surface area contributed by atoms with Crippen LogP contribution in [0, 0.1) is 0 Å². The molecule has 0 aromatic heterocycles. The van der Waals surface area contributed by atoms with Gasteiger partial charge in [-0.15, -0.1) is 0 Å². The van der Waals surface area contributed by atoms with E-state index in [9.17, 15) is 14.7 Å². The zero-order valence-electron chi connectivity index (χ0n) is 15.5. The van der Waals surface area contributed by atoms with Crippen LogP contribution in [0.1, 0.15) is 15.9 Å². The molecule has 0 unspecified atom stereocenters. The predicted molar refractivity (Wildman–Crippen MR) is 108 cm³/mol. The van der Waals surface area contributed by atoms with E-state index in [0.29, 0.717) is 27.3 Å². The van der Waals surface area contributed by atoms with Gasteiger partial charge in [0.2, 0.25) is 0 Å². The molecule has 1 aliphatic rings. The normalized spacial score (nSPS) is 16.7. The smallest absolute Gasteiger partial charge is 0.337 e. The second kappa shape index (κ2) is 8.18. The number of carbonyl (C=O) groups is 2. The fraction of sp³-hybridized carbons (Fsp3) is 0.150. The zero-order chi connectivity index (χ0) is 20.3. The minimum absolute atomic E-state index is 0.0776. The molecule has 1 N–H and O–H groups in total. The Morgan fingerprint density at radius 2 is 1.86 bits per heavy atom. The quantitative estimate of drug-likeness (QED) is 0.774. The average molecular weight is 398 g/mol. The number of thioether (sulfide) groups is 1. The van der Waals surface area contributed by atoms with E-state index in [1.165, 1.54) is 22.7 Å². The number of carboxylic acids is 1. The molecule has 1 fully saturated rings. The Morgan fingerprint density at radius 3 is 2.54 bits per heavy atom. The highest BCUT2D eigenvalue weighted by Crippen LogP contribution is 2.35. The Bertz CT molecular complexity index is 1000. The van der Waals surface area contributed by atoms with E-state index in [0.717, 1.165) is 5.56 Å². The summed E-state index contributed by atoms with van der Waals surface area (Å²) in [6, 6.07) is 11.8. The zero-order valence-corrected chi connectivity index (χ0v) is 16.3. The van der Waals surface area contributed by atoms with Gasteiger partial charge in [-0.1, -0.05) is 18.2 Å². The number of amides is 1. The number of amidine groups is 1. The highest BCUT2D eigenvalue weighted by atomic mass is 32.2. The molecule has 2 aromatic carbocycles. The largest absolute Gasteiger partial charge is 0.493 e. The number of rotatable bonds is 5. The number of nitrogens with zero attached hydrogens (tertiary/aromatic N) is 2. The van der Waals surface area contributed by atoms with Gasteiger partial charge in [-0.3, -0.25) is 9.69 Å². The van der Waals surface area contributed by atoms with Crippen molar-refractivity contribution in [1.82, 2.24) is 4.90 Å². The summed E-state index contributed by atoms with van der Waals surface area (Å²) in [6.07, 6.45) is 1.73. The molecule has 2 aromatic rings. The fourth-order valence-electron chi connectivity index (χ4n) is 2.60. The van der Waals surface area contributed by atoms with Gasteiger partial charge in [0.1, 0.15) is 0 Å². The maximum Gasteiger partial charge on any atom is 0.337 e. The number of aliphatic imine (C=N–C) groups is 1. The Hall–Kier alpha value is -3.26. The van der Waals surface area contributed by atoms with Crippen molar-refractivity contribution in [3.8, 4) is 11.5 Å². The summed E-state index contributed by atoms with van der Waals surface area (Å²) in [5, 5.41) is 9.71. The van der Waals surface area contributed by atoms with Crippen molar-refractivity contribution in [1.29, 1.82) is 0 Å². The van der Waals surface area contributed by atoms with Crippen LogP contribution in [0.5, 0.6) is 11.5 Å². The van der Waals surface area contributed by atoms with Crippen LogP contribution in [0.25, 0.3) is 6.08 Å². The number of aromatic carboxylic acids is 1. The molecule has 0 aliphatic carbocycles. The number of hydrogen-bond donors (Lipinski definition) is 1. The molecule has 1 heterocycles. The molecule has 7 nitrogen and oxygen atoms in total. The minimum atomic E-state index is -1.07. The van der Waals surface area contributed by atoms with Gasteiger partial charge in [-0.2, -0.15) is 0 Å². The van der Waals surface area contributed by atoms with Crippen LogP contribution >= 0.6 is 11.8 Å². The third-order valence-corrected chi connectivity index (χ3v) is 5.12. The van der Waals surface area contributed by atoms with Gasteiger partial charge < -0.3 is 14.6 Å². The standard InChI is InChI=1S/C20H18N2O5S/c1-22-18(23)17(11-12-8-9-15(26-2)16(10-12)27-3)28-20(22)21-14-7-5-4-6-13(14)19(24)25/h4-11H,1-3H3,(H,24,25)/b17-11-,21-20?. The maximum absolute atomic E-state index is 12.6. The first-order valence-corrected chi connectivity index (χ1v) is 9.07. The van der Waals surface area contributed by atoms with E-state index in [1.54, 1.807) is 57.7 Å². The van der Waals surface area contributed by atoms with Crippen molar-refractivity contribution >= 4 is 40.6 Å². The maximum atomic E-state index is 12.6. The number of hydrogen-bond acceptors (Lipinski definition) is 6. The first-order valence-electron chi connectivity index (χ1n) is 8.25. The fourth-order valence-corrected chi connectivity index (χ4v) is 3.58. The van der Waals surface area contributed by atoms with Crippen LogP contribution < -0.4 is 9.47 Å². The number of methoxy groups -OCH3 is 2. The summed E-state index contributed by atoms with van der Waals surface area (Å²) in [7, 11) is 4.70. The van der Waals surface area contributed by atoms with Gasteiger partial charge in [0, 0.05) is 7.05 Å². The number of carbonyl (C=O) groups excluding carboxylic acids is 1. The summed E-state index contributed by atoms with van der Waals surface area (Å²) in [5.74, 6) is -0.131. The molecule has 144 valence electrons. The lowest BCUT2D eigenvalue weighted by Gasteiger charge is -2.08. The number of benzene rings is 2. The predicted octanol–water partition coefficient (Wildman–Crippen LogP) is 3.64. The van der Waals surface area contributed by atoms with Crippen molar-refractivity contribution in [2.45, 2.75) is 0 Å². The van der Waals surface area contributed by atoms with Gasteiger partial charge in [0.15, 0.2) is 16.7 Å². The summed E-state index contributed by atoms with van der Waals surface area (Å²) in [4.78, 5) is 30.2. The lowest BCUT2D eigenvalue weighted by atomic mass is 10.2. The Balaban J connectivity index is 1.94. The highest BCUT2D eigenvalue weighted by Gasteiger charge is 2.30. The van der Waals surface area contributed by atoms with E-state index in [-0.39, 0.29) is 11.5 Å². The first kappa shape index (κ1) is 19.5. The van der Waals surface area contributed by atoms with E-state index in [4.69, 9.17) is 9.47 Å². The summed E-state index contributed by atoms with van der Waals surface area (Å²) in [5.41, 5.74) is 1.15. The summed E-state index contributed by atoms with van der Waals surface area (Å²) in [6.45, 7) is 0. The van der Waals surface area contributed by atoms with Crippen molar-refractivity contribution in [3.05, 3.63) is 58.5 Å². The van der Waals surface area contributed by atoms with Gasteiger partial charge in [0.25, 0.3) is 5.91 Å². The molecule has 0 atom stereocenters. The van der Waals surface area contributed by atoms with Crippen LogP contribution in [0.2, 0.25) is 0 Å². The van der Waals surface area contributed by atoms with Crippen LogP contribution in [0.3, 0.4) is 0 Å². The highest BCUT2D eigenvalue weighted by molar-refractivity contribution is 8.18. The molecular weight excluding hydrogens is 380 g/mol. The molecule has 28 heavy (non-hydrogen) atoms. The summed E-state index contributed by atoms with van der Waals surface area (Å²) >= 11 is 1.18. The second-order valence-corrected chi connectivity index (χ2v) is 6.82. The van der Waals surface area contributed by atoms with Crippen LogP contribution in [0.4, 0.5) is 5.69 Å². The number of carboxylic acid groups (broad SMARTS) is 1. The molecule has 1 saturated heterocycles. The molecule has 0 saturated carbocycles. The minimum Gasteiger partial charge on any atom is -0.493 e. The van der Waals surface area contributed by atoms with Gasteiger partial charge in [-0.05, 0) is 47.7 Å². The van der Waals surface area contributed by atoms with E-state index in [2.05, 4.69) is 4.99 Å². The third kappa shape index (κ3) is 3.86. The SMILES string of the molecule is COc1ccc(/C=C2\SC(=Nc3ccccc3C(=O)O)N(C)C2=O)cc1OC. The molecule has 0 spiro atoms. The molecular formula is C20H18N2O5S. The van der Waals surface area contributed by atoms with Crippen molar-refractivity contribution in [2.24, 2.45) is 4.99 Å². The molecule has 3 rings (SSSR count). The molecule has 0 bridgehead atoms. The van der Waals surface area contributed by atoms with Crippen LogP contribution in [-0.2, 0) is 4.79 Å². The van der Waals surface area contributed by atoms with E-state index >= 15 is 0 Å². The number of likely N-dealkylation sites (N-methyl/N-ethyl adjacent to an activating group) is 1. The van der Waals surface area contributed by atoms with E-state index in [1.807, 2.05) is 6.07 Å². The monoisotopic (exact) mass is 398 g/mol. The first-order chi connectivity index (χ1) is 13.4. The molecule has 0 radical (unpaired) electrons. The topological polar surface area (TPSA) is 88.4 Å². The lowest BCUT2D eigenvalue weighted by molar-refractivity contribution is -0.121. The van der Waals surface area contributed by atoms with E-state index < -0.39 is 5.97 Å². The van der Waals surface area contributed by atoms with Gasteiger partial charge >= 0.3 is 5.97 Å². The Morgan fingerprint density at radius 1 is 1.14 bits per heavy atom.